The monoisotopic (exact) mass is 272 g/mol. The molecular weight excluding hydrogens is 252 g/mol. The van der Waals surface area contributed by atoms with Gasteiger partial charge in [-0.15, -0.1) is 0 Å². The summed E-state index contributed by atoms with van der Waals surface area (Å²) in [7, 11) is 1.60. The Morgan fingerprint density at radius 2 is 1.75 bits per heavy atom. The lowest BCUT2D eigenvalue weighted by atomic mass is 10.1. The number of aryl methyl sites for hydroxylation is 1. The van der Waals surface area contributed by atoms with Crippen molar-refractivity contribution in [3.05, 3.63) is 59.2 Å². The number of ether oxygens (including phenoxy) is 2. The molecule has 2 aromatic rings. The van der Waals surface area contributed by atoms with Crippen molar-refractivity contribution in [3.63, 3.8) is 0 Å². The van der Waals surface area contributed by atoms with Gasteiger partial charge in [-0.2, -0.15) is 0 Å². The van der Waals surface area contributed by atoms with E-state index in [2.05, 4.69) is 19.1 Å². The maximum atomic E-state index is 9.57. The fourth-order valence-corrected chi connectivity index (χ4v) is 1.91. The zero-order chi connectivity index (χ0) is 14.5. The van der Waals surface area contributed by atoms with Crippen molar-refractivity contribution in [2.75, 3.05) is 7.11 Å². The maximum absolute atomic E-state index is 9.57. The quantitative estimate of drug-likeness (QED) is 0.903. The summed E-state index contributed by atoms with van der Waals surface area (Å²) in [5.74, 6) is 1.31. The van der Waals surface area contributed by atoms with Gasteiger partial charge in [-0.05, 0) is 37.1 Å². The van der Waals surface area contributed by atoms with Crippen molar-refractivity contribution in [1.82, 2.24) is 0 Å². The van der Waals surface area contributed by atoms with Crippen molar-refractivity contribution in [2.45, 2.75) is 26.6 Å². The van der Waals surface area contributed by atoms with Crippen LogP contribution in [-0.2, 0) is 6.61 Å². The largest absolute Gasteiger partial charge is 0.493 e. The molecule has 0 spiro atoms. The molecule has 0 radical (unpaired) electrons. The van der Waals surface area contributed by atoms with E-state index < -0.39 is 6.10 Å². The van der Waals surface area contributed by atoms with Gasteiger partial charge in [-0.3, -0.25) is 0 Å². The first-order chi connectivity index (χ1) is 9.60. The molecule has 2 aromatic carbocycles. The number of aliphatic hydroxyl groups excluding tert-OH is 1. The highest BCUT2D eigenvalue weighted by molar-refractivity contribution is 5.43. The molecule has 0 saturated carbocycles. The summed E-state index contributed by atoms with van der Waals surface area (Å²) in [5.41, 5.74) is 3.15. The van der Waals surface area contributed by atoms with E-state index in [1.165, 1.54) is 5.56 Å². The lowest BCUT2D eigenvalue weighted by molar-refractivity contribution is 0.198. The van der Waals surface area contributed by atoms with E-state index in [0.717, 1.165) is 11.1 Å². The summed E-state index contributed by atoms with van der Waals surface area (Å²) >= 11 is 0. The van der Waals surface area contributed by atoms with Gasteiger partial charge < -0.3 is 14.6 Å². The Kier molecular flexibility index (Phi) is 4.64. The van der Waals surface area contributed by atoms with E-state index >= 15 is 0 Å². The van der Waals surface area contributed by atoms with Gasteiger partial charge in [0.1, 0.15) is 6.61 Å². The zero-order valence-electron chi connectivity index (χ0n) is 12.1. The van der Waals surface area contributed by atoms with E-state index in [0.29, 0.717) is 18.1 Å². The van der Waals surface area contributed by atoms with E-state index in [1.807, 2.05) is 24.3 Å². The van der Waals surface area contributed by atoms with E-state index in [4.69, 9.17) is 9.47 Å². The molecular formula is C17H20O3. The van der Waals surface area contributed by atoms with Crippen LogP contribution in [0.1, 0.15) is 29.7 Å². The second-order valence-corrected chi connectivity index (χ2v) is 4.86. The first-order valence-electron chi connectivity index (χ1n) is 6.64. The molecule has 20 heavy (non-hydrogen) atoms. The van der Waals surface area contributed by atoms with Crippen LogP contribution in [0.5, 0.6) is 11.5 Å². The van der Waals surface area contributed by atoms with Gasteiger partial charge in [0.05, 0.1) is 13.2 Å². The predicted molar refractivity (Wildman–Crippen MR) is 79.1 cm³/mol. The van der Waals surface area contributed by atoms with Gasteiger partial charge in [0.15, 0.2) is 11.5 Å². The number of hydrogen-bond donors (Lipinski definition) is 1. The van der Waals surface area contributed by atoms with Crippen LogP contribution in [0.2, 0.25) is 0 Å². The van der Waals surface area contributed by atoms with Crippen molar-refractivity contribution >= 4 is 0 Å². The smallest absolute Gasteiger partial charge is 0.161 e. The standard InChI is InChI=1S/C17H20O3/c1-12-4-6-14(7-5-12)11-20-16-9-8-15(13(2)18)10-17(16)19-3/h4-10,13,18H,11H2,1-3H3/t13-/m1/s1. The highest BCUT2D eigenvalue weighted by atomic mass is 16.5. The Hall–Kier alpha value is -2.00. The van der Waals surface area contributed by atoms with Crippen LogP contribution < -0.4 is 9.47 Å². The summed E-state index contributed by atoms with van der Waals surface area (Å²) in [5, 5.41) is 9.57. The van der Waals surface area contributed by atoms with Crippen LogP contribution >= 0.6 is 0 Å². The molecule has 3 nitrogen and oxygen atoms in total. The van der Waals surface area contributed by atoms with Crippen LogP contribution in [-0.4, -0.2) is 12.2 Å². The van der Waals surface area contributed by atoms with Gasteiger partial charge in [0.2, 0.25) is 0 Å². The van der Waals surface area contributed by atoms with Crippen LogP contribution in [0.25, 0.3) is 0 Å². The van der Waals surface area contributed by atoms with E-state index in [-0.39, 0.29) is 0 Å². The molecule has 0 aliphatic rings. The minimum atomic E-state index is -0.518. The predicted octanol–water partition coefficient (Wildman–Crippen LogP) is 3.64. The second kappa shape index (κ2) is 6.44. The number of rotatable bonds is 5. The SMILES string of the molecule is COc1cc([C@@H](C)O)ccc1OCc1ccc(C)cc1. The maximum Gasteiger partial charge on any atom is 0.161 e. The molecule has 0 amide bonds. The summed E-state index contributed by atoms with van der Waals surface area (Å²) in [4.78, 5) is 0. The van der Waals surface area contributed by atoms with E-state index in [9.17, 15) is 5.11 Å². The minimum Gasteiger partial charge on any atom is -0.493 e. The van der Waals surface area contributed by atoms with Gasteiger partial charge in [-0.1, -0.05) is 35.9 Å². The summed E-state index contributed by atoms with van der Waals surface area (Å²) in [6.07, 6.45) is -0.518. The third kappa shape index (κ3) is 3.52. The van der Waals surface area contributed by atoms with Crippen molar-refractivity contribution < 1.29 is 14.6 Å². The highest BCUT2D eigenvalue weighted by Crippen LogP contribution is 2.30. The van der Waals surface area contributed by atoms with Gasteiger partial charge in [0.25, 0.3) is 0 Å². The molecule has 0 aliphatic carbocycles. The second-order valence-electron chi connectivity index (χ2n) is 4.86. The molecule has 1 atom stereocenters. The molecule has 0 aliphatic heterocycles. The molecule has 3 heteroatoms. The van der Waals surface area contributed by atoms with Gasteiger partial charge in [-0.25, -0.2) is 0 Å². The Morgan fingerprint density at radius 1 is 1.05 bits per heavy atom. The third-order valence-electron chi connectivity index (χ3n) is 3.19. The average molecular weight is 272 g/mol. The van der Waals surface area contributed by atoms with Crippen LogP contribution in [0.15, 0.2) is 42.5 Å². The summed E-state index contributed by atoms with van der Waals surface area (Å²) < 4.78 is 11.1. The molecule has 0 fully saturated rings. The highest BCUT2D eigenvalue weighted by Gasteiger charge is 2.08. The average Bonchev–Trinajstić information content (AvgIpc) is 2.46. The molecule has 0 aromatic heterocycles. The molecule has 0 bridgehead atoms. The molecule has 1 N–H and O–H groups in total. The van der Waals surface area contributed by atoms with Crippen LogP contribution in [0.4, 0.5) is 0 Å². The fourth-order valence-electron chi connectivity index (χ4n) is 1.91. The molecule has 0 saturated heterocycles. The van der Waals surface area contributed by atoms with Crippen LogP contribution in [0.3, 0.4) is 0 Å². The van der Waals surface area contributed by atoms with Crippen LogP contribution in [0, 0.1) is 6.92 Å². The molecule has 2 rings (SSSR count). The molecule has 106 valence electrons. The Morgan fingerprint density at radius 3 is 2.35 bits per heavy atom. The first-order valence-corrected chi connectivity index (χ1v) is 6.64. The zero-order valence-corrected chi connectivity index (χ0v) is 12.1. The van der Waals surface area contributed by atoms with Gasteiger partial charge >= 0.3 is 0 Å². The topological polar surface area (TPSA) is 38.7 Å². The van der Waals surface area contributed by atoms with Crippen molar-refractivity contribution in [1.29, 1.82) is 0 Å². The van der Waals surface area contributed by atoms with Crippen molar-refractivity contribution in [3.8, 4) is 11.5 Å². The summed E-state index contributed by atoms with van der Waals surface area (Å²) in [6.45, 7) is 4.27. The molecule has 0 unspecified atom stereocenters. The van der Waals surface area contributed by atoms with E-state index in [1.54, 1.807) is 20.1 Å². The summed E-state index contributed by atoms with van der Waals surface area (Å²) in [6, 6.07) is 13.7. The first kappa shape index (κ1) is 14.4. The number of benzene rings is 2. The minimum absolute atomic E-state index is 0.491. The van der Waals surface area contributed by atoms with Gasteiger partial charge in [0, 0.05) is 0 Å². The third-order valence-corrected chi connectivity index (χ3v) is 3.19. The number of methoxy groups -OCH3 is 1. The van der Waals surface area contributed by atoms with Crippen molar-refractivity contribution in [2.24, 2.45) is 0 Å². The normalized spacial score (nSPS) is 12.0. The Bertz CT molecular complexity index is 559. The number of hydrogen-bond acceptors (Lipinski definition) is 3. The molecule has 0 heterocycles. The fraction of sp³-hybridized carbons (Fsp3) is 0.294. The lowest BCUT2D eigenvalue weighted by Gasteiger charge is -2.13. The Balaban J connectivity index is 2.10. The Labute approximate surface area is 119 Å². The lowest BCUT2D eigenvalue weighted by Crippen LogP contribution is -1.99. The number of aliphatic hydroxyl groups is 1.